The summed E-state index contributed by atoms with van der Waals surface area (Å²) in [5.74, 6) is -0.106. The lowest BCUT2D eigenvalue weighted by Gasteiger charge is -2.36. The Morgan fingerprint density at radius 1 is 1.15 bits per heavy atom. The first kappa shape index (κ1) is 17.3. The highest BCUT2D eigenvalue weighted by Gasteiger charge is 2.47. The van der Waals surface area contributed by atoms with Gasteiger partial charge in [0.25, 0.3) is 0 Å². The average Bonchev–Trinajstić information content (AvgIpc) is 3.41. The smallest absolute Gasteiger partial charge is 0.320 e. The second-order valence-electron chi connectivity index (χ2n) is 7.34. The number of thioether (sulfide) groups is 1. The molecule has 1 aromatic heterocycles. The summed E-state index contributed by atoms with van der Waals surface area (Å²) in [5.41, 5.74) is 2.38. The van der Waals surface area contributed by atoms with Crippen LogP contribution in [0.5, 0.6) is 0 Å². The highest BCUT2D eigenvalue weighted by molar-refractivity contribution is 9.10. The van der Waals surface area contributed by atoms with Crippen LogP contribution in [0.4, 0.5) is 0 Å². The lowest BCUT2D eigenvalue weighted by atomic mass is 9.84. The van der Waals surface area contributed by atoms with Gasteiger partial charge in [0, 0.05) is 5.39 Å². The van der Waals surface area contributed by atoms with Crippen LogP contribution >= 0.6 is 27.7 Å². The van der Waals surface area contributed by atoms with Crippen LogP contribution in [0, 0.1) is 0 Å². The van der Waals surface area contributed by atoms with Crippen molar-refractivity contribution in [3.63, 3.8) is 0 Å². The molecule has 2 fully saturated rings. The molecule has 5 nitrogen and oxygen atoms in total. The fourth-order valence-corrected chi connectivity index (χ4v) is 5.65. The summed E-state index contributed by atoms with van der Waals surface area (Å²) in [6, 6.07) is 12.7. The standard InChI is InChI=1S/C20H18BrN3O2S/c21-18-22-23-19(27-20(17(25)26)10-3-11-20)24(18)16-9-8-13(12-6-7-12)14-4-1-2-5-15(14)16/h1-2,4-5,8-9,12H,3,6-7,10-11H2,(H,25,26). The van der Waals surface area contributed by atoms with Gasteiger partial charge in [0.1, 0.15) is 4.75 Å². The molecule has 1 heterocycles. The van der Waals surface area contributed by atoms with Gasteiger partial charge in [0.05, 0.1) is 5.69 Å². The van der Waals surface area contributed by atoms with Crippen molar-refractivity contribution in [2.75, 3.05) is 0 Å². The van der Waals surface area contributed by atoms with Gasteiger partial charge in [-0.25, -0.2) is 0 Å². The van der Waals surface area contributed by atoms with Crippen LogP contribution in [0.15, 0.2) is 46.3 Å². The van der Waals surface area contributed by atoms with Crippen LogP contribution in [0.25, 0.3) is 16.5 Å². The summed E-state index contributed by atoms with van der Waals surface area (Å²) >= 11 is 4.83. The van der Waals surface area contributed by atoms with Crippen LogP contribution in [0.3, 0.4) is 0 Å². The van der Waals surface area contributed by atoms with Crippen molar-refractivity contribution in [2.45, 2.75) is 47.9 Å². The number of hydrogen-bond donors (Lipinski definition) is 1. The van der Waals surface area contributed by atoms with E-state index in [-0.39, 0.29) is 0 Å². The maximum Gasteiger partial charge on any atom is 0.320 e. The number of carbonyl (C=O) groups is 1. The van der Waals surface area contributed by atoms with Crippen molar-refractivity contribution in [1.29, 1.82) is 0 Å². The van der Waals surface area contributed by atoms with Crippen molar-refractivity contribution >= 4 is 44.4 Å². The first-order valence-corrected chi connectivity index (χ1v) is 10.8. The summed E-state index contributed by atoms with van der Waals surface area (Å²) < 4.78 is 1.75. The Labute approximate surface area is 169 Å². The van der Waals surface area contributed by atoms with E-state index in [4.69, 9.17) is 0 Å². The molecule has 0 radical (unpaired) electrons. The minimum Gasteiger partial charge on any atom is -0.480 e. The van der Waals surface area contributed by atoms with Gasteiger partial charge in [-0.1, -0.05) is 42.1 Å². The molecule has 7 heteroatoms. The number of aromatic nitrogens is 3. The Bertz CT molecular complexity index is 1060. The highest BCUT2D eigenvalue weighted by atomic mass is 79.9. The molecule has 138 valence electrons. The van der Waals surface area contributed by atoms with Gasteiger partial charge >= 0.3 is 5.97 Å². The molecule has 2 saturated carbocycles. The summed E-state index contributed by atoms with van der Waals surface area (Å²) in [4.78, 5) is 11.8. The van der Waals surface area contributed by atoms with E-state index in [1.54, 1.807) is 0 Å². The fourth-order valence-electron chi connectivity index (χ4n) is 3.80. The Balaban J connectivity index is 1.65. The van der Waals surface area contributed by atoms with Gasteiger partial charge in [-0.3, -0.25) is 9.36 Å². The number of carboxylic acids is 1. The Hall–Kier alpha value is -1.86. The summed E-state index contributed by atoms with van der Waals surface area (Å²) in [6.07, 6.45) is 4.77. The van der Waals surface area contributed by atoms with Crippen molar-refractivity contribution in [3.05, 3.63) is 46.7 Å². The molecule has 2 aliphatic carbocycles. The van der Waals surface area contributed by atoms with E-state index in [1.165, 1.54) is 35.6 Å². The number of carboxylic acid groups (broad SMARTS) is 1. The van der Waals surface area contributed by atoms with Crippen LogP contribution in [0.2, 0.25) is 0 Å². The van der Waals surface area contributed by atoms with Crippen molar-refractivity contribution in [1.82, 2.24) is 14.8 Å². The molecule has 0 atom stereocenters. The third kappa shape index (κ3) is 2.79. The second kappa shape index (κ2) is 6.34. The van der Waals surface area contributed by atoms with Gasteiger partial charge in [-0.2, -0.15) is 0 Å². The van der Waals surface area contributed by atoms with Crippen LogP contribution < -0.4 is 0 Å². The molecule has 27 heavy (non-hydrogen) atoms. The molecular formula is C20H18BrN3O2S. The molecule has 0 unspecified atom stereocenters. The minimum absolute atomic E-state index is 0.592. The monoisotopic (exact) mass is 443 g/mol. The molecule has 0 amide bonds. The number of nitrogens with zero attached hydrogens (tertiary/aromatic N) is 3. The van der Waals surface area contributed by atoms with E-state index in [1.807, 2.05) is 10.6 Å². The third-order valence-electron chi connectivity index (χ3n) is 5.62. The van der Waals surface area contributed by atoms with E-state index in [9.17, 15) is 9.90 Å². The van der Waals surface area contributed by atoms with Crippen molar-refractivity contribution in [3.8, 4) is 5.69 Å². The Morgan fingerprint density at radius 2 is 1.89 bits per heavy atom. The number of halogens is 1. The first-order valence-electron chi connectivity index (χ1n) is 9.14. The number of fused-ring (bicyclic) bond motifs is 1. The molecule has 0 bridgehead atoms. The SMILES string of the molecule is O=C(O)C1(Sc2nnc(Br)n2-c2ccc(C3CC3)c3ccccc23)CCC1. The lowest BCUT2D eigenvalue weighted by molar-refractivity contribution is -0.142. The minimum atomic E-state index is -0.784. The number of benzene rings is 2. The van der Waals surface area contributed by atoms with E-state index in [0.29, 0.717) is 28.6 Å². The van der Waals surface area contributed by atoms with Crippen LogP contribution in [-0.4, -0.2) is 30.6 Å². The molecule has 3 aromatic rings. The molecule has 2 aromatic carbocycles. The second-order valence-corrected chi connectivity index (χ2v) is 9.40. The normalized spacial score (nSPS) is 18.4. The van der Waals surface area contributed by atoms with Gasteiger partial charge in [-0.05, 0) is 71.0 Å². The van der Waals surface area contributed by atoms with E-state index >= 15 is 0 Å². The van der Waals surface area contributed by atoms with Crippen LogP contribution in [0.1, 0.15) is 43.6 Å². The zero-order valence-corrected chi connectivity index (χ0v) is 17.0. The first-order chi connectivity index (χ1) is 13.1. The van der Waals surface area contributed by atoms with Gasteiger partial charge in [0.2, 0.25) is 4.73 Å². The highest BCUT2D eigenvalue weighted by Crippen LogP contribution is 2.49. The lowest BCUT2D eigenvalue weighted by Crippen LogP contribution is -2.42. The summed E-state index contributed by atoms with van der Waals surface area (Å²) in [6.45, 7) is 0. The largest absolute Gasteiger partial charge is 0.480 e. The zero-order valence-electron chi connectivity index (χ0n) is 14.6. The van der Waals surface area contributed by atoms with Crippen LogP contribution in [-0.2, 0) is 4.79 Å². The topological polar surface area (TPSA) is 68.0 Å². The molecule has 5 rings (SSSR count). The average molecular weight is 444 g/mol. The fraction of sp³-hybridized carbons (Fsp3) is 0.350. The number of rotatable bonds is 5. The van der Waals surface area contributed by atoms with Gasteiger partial charge < -0.3 is 5.11 Å². The Morgan fingerprint density at radius 3 is 2.52 bits per heavy atom. The summed E-state index contributed by atoms with van der Waals surface area (Å²) in [5, 5.41) is 21.2. The third-order valence-corrected chi connectivity index (χ3v) is 7.56. The molecule has 2 aliphatic rings. The van der Waals surface area contributed by atoms with Crippen molar-refractivity contribution in [2.24, 2.45) is 0 Å². The summed E-state index contributed by atoms with van der Waals surface area (Å²) in [7, 11) is 0. The van der Waals surface area contributed by atoms with Gasteiger partial charge in [0.15, 0.2) is 5.16 Å². The molecule has 0 aliphatic heterocycles. The molecular weight excluding hydrogens is 426 g/mol. The maximum absolute atomic E-state index is 11.8. The molecule has 1 N–H and O–H groups in total. The Kier molecular flexibility index (Phi) is 4.05. The molecule has 0 saturated heterocycles. The predicted molar refractivity (Wildman–Crippen MR) is 109 cm³/mol. The number of aliphatic carboxylic acids is 1. The van der Waals surface area contributed by atoms with Gasteiger partial charge in [-0.15, -0.1) is 10.2 Å². The van der Waals surface area contributed by atoms with E-state index < -0.39 is 10.7 Å². The maximum atomic E-state index is 11.8. The quantitative estimate of drug-likeness (QED) is 0.589. The van der Waals surface area contributed by atoms with E-state index in [2.05, 4.69) is 56.5 Å². The van der Waals surface area contributed by atoms with Crippen molar-refractivity contribution < 1.29 is 9.90 Å². The predicted octanol–water partition coefficient (Wildman–Crippen LogP) is 5.16. The molecule has 0 spiro atoms. The number of hydrogen-bond acceptors (Lipinski definition) is 4. The van der Waals surface area contributed by atoms with E-state index in [0.717, 1.165) is 17.5 Å². The zero-order chi connectivity index (χ0) is 18.6.